The normalized spacial score (nSPS) is 25.0. The second-order valence-electron chi connectivity index (χ2n) is 5.14. The summed E-state index contributed by atoms with van der Waals surface area (Å²) in [4.78, 5) is 0. The minimum Gasteiger partial charge on any atom is -0.266 e. The number of rotatable bonds is 3. The molecular formula is C14H20O3S. The molecular weight excluding hydrogens is 248 g/mol. The van der Waals surface area contributed by atoms with Crippen LogP contribution in [0.1, 0.15) is 42.7 Å². The van der Waals surface area contributed by atoms with Crippen molar-refractivity contribution < 1.29 is 12.6 Å². The quantitative estimate of drug-likeness (QED) is 0.791. The predicted octanol–water partition coefficient (Wildman–Crippen LogP) is 3.00. The van der Waals surface area contributed by atoms with Crippen molar-refractivity contribution in [3.8, 4) is 0 Å². The van der Waals surface area contributed by atoms with Gasteiger partial charge in [-0.05, 0) is 25.3 Å². The zero-order valence-electron chi connectivity index (χ0n) is 10.9. The molecule has 2 rings (SSSR count). The van der Waals surface area contributed by atoms with Crippen LogP contribution in [-0.4, -0.2) is 20.8 Å². The lowest BCUT2D eigenvalue weighted by Crippen LogP contribution is -2.28. The largest absolute Gasteiger partial charge is 0.266 e. The molecule has 0 radical (unpaired) electrons. The first kappa shape index (κ1) is 13.6. The monoisotopic (exact) mass is 268 g/mol. The van der Waals surface area contributed by atoms with Gasteiger partial charge in [-0.1, -0.05) is 42.7 Å². The first-order chi connectivity index (χ1) is 8.46. The maximum atomic E-state index is 11.3. The van der Waals surface area contributed by atoms with E-state index in [4.69, 9.17) is 4.18 Å². The molecule has 2 atom stereocenters. The van der Waals surface area contributed by atoms with Gasteiger partial charge in [0.15, 0.2) is 0 Å². The van der Waals surface area contributed by atoms with E-state index in [-0.39, 0.29) is 12.0 Å². The van der Waals surface area contributed by atoms with Crippen LogP contribution in [-0.2, 0) is 14.3 Å². The Bertz CT molecular complexity index is 490. The lowest BCUT2D eigenvalue weighted by Gasteiger charge is -2.30. The zero-order valence-corrected chi connectivity index (χ0v) is 11.7. The maximum absolute atomic E-state index is 11.3. The Balaban J connectivity index is 2.20. The number of aryl methyl sites for hydroxylation is 1. The van der Waals surface area contributed by atoms with Crippen LogP contribution in [0.3, 0.4) is 0 Å². The fourth-order valence-corrected chi connectivity index (χ4v) is 3.31. The van der Waals surface area contributed by atoms with Crippen molar-refractivity contribution >= 4 is 10.1 Å². The molecule has 0 bridgehead atoms. The van der Waals surface area contributed by atoms with Gasteiger partial charge in [-0.15, -0.1) is 0 Å². The highest BCUT2D eigenvalue weighted by Gasteiger charge is 2.29. The Kier molecular flexibility index (Phi) is 4.07. The first-order valence-electron chi connectivity index (χ1n) is 6.40. The first-order valence-corrected chi connectivity index (χ1v) is 8.22. The van der Waals surface area contributed by atoms with E-state index >= 15 is 0 Å². The Morgan fingerprint density at radius 2 is 1.72 bits per heavy atom. The molecule has 0 spiro atoms. The van der Waals surface area contributed by atoms with E-state index in [0.717, 1.165) is 31.9 Å². The average Bonchev–Trinajstić information content (AvgIpc) is 2.29. The third-order valence-electron chi connectivity index (χ3n) is 3.51. The van der Waals surface area contributed by atoms with Crippen molar-refractivity contribution in [3.63, 3.8) is 0 Å². The van der Waals surface area contributed by atoms with Crippen LogP contribution in [0.5, 0.6) is 0 Å². The van der Waals surface area contributed by atoms with Crippen molar-refractivity contribution in [1.82, 2.24) is 0 Å². The molecule has 0 unspecified atom stereocenters. The van der Waals surface area contributed by atoms with E-state index in [1.165, 1.54) is 11.1 Å². The highest BCUT2D eigenvalue weighted by molar-refractivity contribution is 7.86. The average molecular weight is 268 g/mol. The third-order valence-corrected chi connectivity index (χ3v) is 4.10. The summed E-state index contributed by atoms with van der Waals surface area (Å²) in [7, 11) is -3.37. The Hall–Kier alpha value is -0.870. The summed E-state index contributed by atoms with van der Waals surface area (Å²) < 4.78 is 27.9. The minimum absolute atomic E-state index is 0.198. The molecule has 0 amide bonds. The number of hydrogen-bond donors (Lipinski definition) is 0. The highest BCUT2D eigenvalue weighted by Crippen LogP contribution is 2.35. The van der Waals surface area contributed by atoms with Gasteiger partial charge in [0.25, 0.3) is 10.1 Å². The second kappa shape index (κ2) is 5.41. The van der Waals surface area contributed by atoms with E-state index in [2.05, 4.69) is 31.2 Å². The topological polar surface area (TPSA) is 43.4 Å². The fraction of sp³-hybridized carbons (Fsp3) is 0.571. The molecule has 1 aromatic rings. The molecule has 0 aliphatic heterocycles. The van der Waals surface area contributed by atoms with Crippen molar-refractivity contribution in [3.05, 3.63) is 35.4 Å². The van der Waals surface area contributed by atoms with Crippen molar-refractivity contribution in [2.24, 2.45) is 0 Å². The zero-order chi connectivity index (χ0) is 13.2. The molecule has 0 N–H and O–H groups in total. The standard InChI is InChI=1S/C14H20O3S/c1-11-7-9-12(10-8-11)13-5-3-4-6-14(13)17-18(2,15)16/h7-10,13-14H,3-6H2,1-2H3/t13-,14+/m0/s1. The lowest BCUT2D eigenvalue weighted by atomic mass is 9.81. The molecule has 0 aromatic heterocycles. The summed E-state index contributed by atoms with van der Waals surface area (Å²) in [6.07, 6.45) is 4.95. The Morgan fingerprint density at radius 1 is 1.11 bits per heavy atom. The smallest absolute Gasteiger partial charge is 0.264 e. The molecule has 0 saturated heterocycles. The second-order valence-corrected chi connectivity index (χ2v) is 6.74. The SMILES string of the molecule is Cc1ccc([C@@H]2CCCC[C@H]2OS(C)(=O)=O)cc1. The van der Waals surface area contributed by atoms with E-state index < -0.39 is 10.1 Å². The Labute approximate surface area is 109 Å². The summed E-state index contributed by atoms with van der Waals surface area (Å²) in [5.41, 5.74) is 2.41. The lowest BCUT2D eigenvalue weighted by molar-refractivity contribution is 0.138. The number of hydrogen-bond acceptors (Lipinski definition) is 3. The Morgan fingerprint density at radius 3 is 2.33 bits per heavy atom. The molecule has 1 fully saturated rings. The summed E-state index contributed by atoms with van der Waals surface area (Å²) in [5.74, 6) is 0.203. The maximum Gasteiger partial charge on any atom is 0.264 e. The van der Waals surface area contributed by atoms with Gasteiger partial charge < -0.3 is 0 Å². The predicted molar refractivity (Wildman–Crippen MR) is 72.1 cm³/mol. The van der Waals surface area contributed by atoms with Crippen molar-refractivity contribution in [1.29, 1.82) is 0 Å². The summed E-state index contributed by atoms with van der Waals surface area (Å²) in [6, 6.07) is 8.32. The summed E-state index contributed by atoms with van der Waals surface area (Å²) >= 11 is 0. The molecule has 18 heavy (non-hydrogen) atoms. The van der Waals surface area contributed by atoms with Gasteiger partial charge in [0.1, 0.15) is 0 Å². The van der Waals surface area contributed by atoms with Crippen LogP contribution >= 0.6 is 0 Å². The molecule has 3 nitrogen and oxygen atoms in total. The van der Waals surface area contributed by atoms with Gasteiger partial charge in [0, 0.05) is 5.92 Å². The van der Waals surface area contributed by atoms with Crippen LogP contribution < -0.4 is 0 Å². The number of benzene rings is 1. The molecule has 100 valence electrons. The molecule has 4 heteroatoms. The van der Waals surface area contributed by atoms with E-state index in [9.17, 15) is 8.42 Å². The van der Waals surface area contributed by atoms with Gasteiger partial charge in [0.05, 0.1) is 12.4 Å². The van der Waals surface area contributed by atoms with Gasteiger partial charge in [0.2, 0.25) is 0 Å². The van der Waals surface area contributed by atoms with Gasteiger partial charge in [-0.3, -0.25) is 4.18 Å². The summed E-state index contributed by atoms with van der Waals surface area (Å²) in [5, 5.41) is 0. The molecule has 1 aliphatic rings. The van der Waals surface area contributed by atoms with E-state index in [1.807, 2.05) is 0 Å². The van der Waals surface area contributed by atoms with Crippen molar-refractivity contribution in [2.45, 2.75) is 44.6 Å². The van der Waals surface area contributed by atoms with Crippen LogP contribution in [0, 0.1) is 6.92 Å². The van der Waals surface area contributed by atoms with E-state index in [0.29, 0.717) is 0 Å². The minimum atomic E-state index is -3.37. The van der Waals surface area contributed by atoms with Crippen LogP contribution in [0.4, 0.5) is 0 Å². The van der Waals surface area contributed by atoms with Gasteiger partial charge >= 0.3 is 0 Å². The summed E-state index contributed by atoms with van der Waals surface area (Å²) in [6.45, 7) is 2.05. The molecule has 1 aromatic carbocycles. The van der Waals surface area contributed by atoms with Gasteiger partial charge in [-0.2, -0.15) is 8.42 Å². The fourth-order valence-electron chi connectivity index (χ4n) is 2.63. The van der Waals surface area contributed by atoms with E-state index in [1.54, 1.807) is 0 Å². The molecule has 1 aliphatic carbocycles. The van der Waals surface area contributed by atoms with Crippen LogP contribution in [0.15, 0.2) is 24.3 Å². The third kappa shape index (κ3) is 3.56. The highest BCUT2D eigenvalue weighted by atomic mass is 32.2. The molecule has 1 saturated carbocycles. The van der Waals surface area contributed by atoms with Crippen molar-refractivity contribution in [2.75, 3.05) is 6.26 Å². The molecule has 0 heterocycles. The van der Waals surface area contributed by atoms with Crippen LogP contribution in [0.2, 0.25) is 0 Å². The van der Waals surface area contributed by atoms with Gasteiger partial charge in [-0.25, -0.2) is 0 Å². The van der Waals surface area contributed by atoms with Crippen LogP contribution in [0.25, 0.3) is 0 Å².